The average molecular weight is 375 g/mol. The number of aromatic nitrogens is 3. The largest absolute Gasteiger partial charge is 0.349 e. The minimum Gasteiger partial charge on any atom is -0.349 e. The Morgan fingerprint density at radius 2 is 1.82 bits per heavy atom. The zero-order valence-corrected chi connectivity index (χ0v) is 15.9. The number of nitrogens with zero attached hydrogens (tertiary/aromatic N) is 4. The molecule has 0 radical (unpaired) electrons. The van der Waals surface area contributed by atoms with Gasteiger partial charge in [0.05, 0.1) is 12.2 Å². The highest BCUT2D eigenvalue weighted by Gasteiger charge is 2.21. The molecule has 0 aliphatic carbocycles. The van der Waals surface area contributed by atoms with Crippen molar-refractivity contribution < 1.29 is 4.79 Å². The number of hydrogen-bond donors (Lipinski definition) is 1. The van der Waals surface area contributed by atoms with Gasteiger partial charge in [0.1, 0.15) is 0 Å². The minimum atomic E-state index is 0.00816. The summed E-state index contributed by atoms with van der Waals surface area (Å²) in [6.45, 7) is 3.54. The van der Waals surface area contributed by atoms with Crippen LogP contribution in [0.3, 0.4) is 0 Å². The van der Waals surface area contributed by atoms with E-state index in [1.165, 1.54) is 0 Å². The predicted octanol–water partition coefficient (Wildman–Crippen LogP) is 2.72. The van der Waals surface area contributed by atoms with Crippen molar-refractivity contribution in [3.05, 3.63) is 83.9 Å². The van der Waals surface area contributed by atoms with Gasteiger partial charge in [0.25, 0.3) is 5.91 Å². The second-order valence-corrected chi connectivity index (χ2v) is 7.25. The summed E-state index contributed by atoms with van der Waals surface area (Å²) >= 11 is 0. The lowest BCUT2D eigenvalue weighted by molar-refractivity contribution is 0.0908. The molecule has 0 bridgehead atoms. The van der Waals surface area contributed by atoms with Gasteiger partial charge in [0.2, 0.25) is 0 Å². The molecule has 144 valence electrons. The molecule has 1 aliphatic heterocycles. The Balaban J connectivity index is 1.25. The maximum Gasteiger partial charge on any atom is 0.251 e. The van der Waals surface area contributed by atoms with Crippen LogP contribution in [0.15, 0.2) is 67.1 Å². The second kappa shape index (κ2) is 8.80. The number of nitrogens with one attached hydrogen (secondary N) is 1. The lowest BCUT2D eigenvalue weighted by Gasteiger charge is -2.32. The van der Waals surface area contributed by atoms with E-state index < -0.39 is 0 Å². The number of likely N-dealkylation sites (tertiary alicyclic amines) is 1. The van der Waals surface area contributed by atoms with Crippen LogP contribution in [-0.2, 0) is 13.1 Å². The number of hydrogen-bond acceptors (Lipinski definition) is 4. The van der Waals surface area contributed by atoms with Gasteiger partial charge < -0.3 is 5.32 Å². The molecule has 6 nitrogen and oxygen atoms in total. The molecule has 3 aromatic rings. The zero-order valence-electron chi connectivity index (χ0n) is 15.9. The Morgan fingerprint density at radius 3 is 2.50 bits per heavy atom. The smallest absolute Gasteiger partial charge is 0.251 e. The molecule has 0 saturated carbocycles. The van der Waals surface area contributed by atoms with Gasteiger partial charge in [-0.05, 0) is 48.7 Å². The molecular weight excluding hydrogens is 350 g/mol. The van der Waals surface area contributed by atoms with Crippen molar-refractivity contribution in [2.75, 3.05) is 13.1 Å². The number of benzene rings is 1. The van der Waals surface area contributed by atoms with Crippen LogP contribution < -0.4 is 5.32 Å². The Bertz CT molecular complexity index is 869. The van der Waals surface area contributed by atoms with Gasteiger partial charge in [-0.2, -0.15) is 5.10 Å². The summed E-state index contributed by atoms with van der Waals surface area (Å²) in [5.74, 6) is 0.00816. The van der Waals surface area contributed by atoms with E-state index >= 15 is 0 Å². The third-order valence-corrected chi connectivity index (χ3v) is 5.15. The average Bonchev–Trinajstić information content (AvgIpc) is 3.24. The second-order valence-electron chi connectivity index (χ2n) is 7.25. The lowest BCUT2D eigenvalue weighted by atomic mass is 10.0. The molecule has 4 rings (SSSR count). The fraction of sp³-hybridized carbons (Fsp3) is 0.318. The predicted molar refractivity (Wildman–Crippen MR) is 108 cm³/mol. The van der Waals surface area contributed by atoms with Crippen molar-refractivity contribution in [1.29, 1.82) is 0 Å². The zero-order chi connectivity index (χ0) is 19.2. The van der Waals surface area contributed by atoms with Gasteiger partial charge in [-0.3, -0.25) is 19.4 Å². The Morgan fingerprint density at radius 1 is 1.00 bits per heavy atom. The topological polar surface area (TPSA) is 63.1 Å². The monoisotopic (exact) mass is 375 g/mol. The highest BCUT2D eigenvalue weighted by Crippen LogP contribution is 2.14. The summed E-state index contributed by atoms with van der Waals surface area (Å²) in [5, 5.41) is 7.39. The first-order chi connectivity index (χ1) is 13.8. The van der Waals surface area contributed by atoms with E-state index in [9.17, 15) is 4.79 Å². The highest BCUT2D eigenvalue weighted by molar-refractivity contribution is 5.94. The van der Waals surface area contributed by atoms with Crippen LogP contribution in [0.25, 0.3) is 0 Å². The number of pyridine rings is 1. The van der Waals surface area contributed by atoms with E-state index in [1.807, 2.05) is 59.5 Å². The molecule has 2 aromatic heterocycles. The van der Waals surface area contributed by atoms with Crippen molar-refractivity contribution in [2.24, 2.45) is 0 Å². The van der Waals surface area contributed by atoms with Gasteiger partial charge in [0.15, 0.2) is 0 Å². The van der Waals surface area contributed by atoms with Gasteiger partial charge >= 0.3 is 0 Å². The maximum absolute atomic E-state index is 12.6. The molecule has 1 saturated heterocycles. The fourth-order valence-electron chi connectivity index (χ4n) is 3.57. The van der Waals surface area contributed by atoms with Crippen LogP contribution in [0.1, 0.15) is 34.5 Å². The van der Waals surface area contributed by atoms with Crippen molar-refractivity contribution in [3.8, 4) is 0 Å². The number of carbonyl (C=O) groups is 1. The normalized spacial score (nSPS) is 15.4. The first-order valence-electron chi connectivity index (χ1n) is 9.76. The summed E-state index contributed by atoms with van der Waals surface area (Å²) in [6, 6.07) is 15.9. The van der Waals surface area contributed by atoms with E-state index in [1.54, 1.807) is 6.20 Å². The van der Waals surface area contributed by atoms with Crippen LogP contribution in [0.2, 0.25) is 0 Å². The molecule has 6 heteroatoms. The molecule has 0 atom stereocenters. The van der Waals surface area contributed by atoms with Crippen LogP contribution in [0.5, 0.6) is 0 Å². The molecule has 1 aromatic carbocycles. The van der Waals surface area contributed by atoms with E-state index in [0.717, 1.165) is 43.7 Å². The van der Waals surface area contributed by atoms with Crippen molar-refractivity contribution in [3.63, 3.8) is 0 Å². The number of piperidine rings is 1. The van der Waals surface area contributed by atoms with Crippen LogP contribution >= 0.6 is 0 Å². The molecule has 1 aliphatic rings. The van der Waals surface area contributed by atoms with Crippen LogP contribution in [0, 0.1) is 0 Å². The molecule has 28 heavy (non-hydrogen) atoms. The summed E-state index contributed by atoms with van der Waals surface area (Å²) < 4.78 is 1.87. The molecule has 1 amide bonds. The Kier molecular flexibility index (Phi) is 5.77. The van der Waals surface area contributed by atoms with Crippen molar-refractivity contribution in [1.82, 2.24) is 25.0 Å². The van der Waals surface area contributed by atoms with Gasteiger partial charge in [-0.25, -0.2) is 0 Å². The summed E-state index contributed by atoms with van der Waals surface area (Å²) in [6.07, 6.45) is 7.47. The van der Waals surface area contributed by atoms with Gasteiger partial charge in [-0.1, -0.05) is 18.2 Å². The molecule has 0 spiro atoms. The standard InChI is InChI=1S/C22H25N5O/c28-22(19-7-5-18(6-8-19)16-27-13-3-12-24-27)25-20-9-14-26(15-10-20)17-21-4-1-2-11-23-21/h1-8,11-13,20H,9-10,14-17H2,(H,25,28). The number of carbonyl (C=O) groups excluding carboxylic acids is 1. The van der Waals surface area contributed by atoms with E-state index in [0.29, 0.717) is 12.1 Å². The molecule has 3 heterocycles. The van der Waals surface area contributed by atoms with E-state index in [4.69, 9.17) is 0 Å². The third kappa shape index (κ3) is 4.84. The van der Waals surface area contributed by atoms with E-state index in [-0.39, 0.29) is 11.9 Å². The molecule has 0 unspecified atom stereocenters. The SMILES string of the molecule is O=C(NC1CCN(Cc2ccccn2)CC1)c1ccc(Cn2cccn2)cc1. The first-order valence-corrected chi connectivity index (χ1v) is 9.76. The lowest BCUT2D eigenvalue weighted by Crippen LogP contribution is -2.44. The maximum atomic E-state index is 12.6. The van der Waals surface area contributed by atoms with Crippen LogP contribution in [-0.4, -0.2) is 44.7 Å². The third-order valence-electron chi connectivity index (χ3n) is 5.15. The summed E-state index contributed by atoms with van der Waals surface area (Å²) in [5.41, 5.74) is 2.93. The Hall–Kier alpha value is -2.99. The van der Waals surface area contributed by atoms with Gasteiger partial charge in [-0.15, -0.1) is 0 Å². The Labute approximate surface area is 165 Å². The highest BCUT2D eigenvalue weighted by atomic mass is 16.1. The summed E-state index contributed by atoms with van der Waals surface area (Å²) in [7, 11) is 0. The van der Waals surface area contributed by atoms with Gasteiger partial charge in [0, 0.05) is 49.8 Å². The summed E-state index contributed by atoms with van der Waals surface area (Å²) in [4.78, 5) is 19.4. The number of rotatable bonds is 6. The first kappa shape index (κ1) is 18.4. The molecule has 1 fully saturated rings. The quantitative estimate of drug-likeness (QED) is 0.720. The molecule has 1 N–H and O–H groups in total. The van der Waals surface area contributed by atoms with Crippen LogP contribution in [0.4, 0.5) is 0 Å². The van der Waals surface area contributed by atoms with Crippen molar-refractivity contribution in [2.45, 2.75) is 32.0 Å². The van der Waals surface area contributed by atoms with E-state index in [2.05, 4.69) is 26.4 Å². The molecular formula is C22H25N5O. The number of amides is 1. The fourth-order valence-corrected chi connectivity index (χ4v) is 3.57. The van der Waals surface area contributed by atoms with Crippen molar-refractivity contribution >= 4 is 5.91 Å². The minimum absolute atomic E-state index is 0.00816.